The van der Waals surface area contributed by atoms with Crippen molar-refractivity contribution in [3.8, 4) is 0 Å². The Morgan fingerprint density at radius 2 is 1.53 bits per heavy atom. The van der Waals surface area contributed by atoms with E-state index in [0.29, 0.717) is 0 Å². The van der Waals surface area contributed by atoms with Crippen LogP contribution in [0.2, 0.25) is 19.6 Å². The van der Waals surface area contributed by atoms with Crippen molar-refractivity contribution in [1.29, 1.82) is 0 Å². The zero-order valence-electron chi connectivity index (χ0n) is 21.2. The van der Waals surface area contributed by atoms with Gasteiger partial charge < -0.3 is 14.4 Å². The van der Waals surface area contributed by atoms with Crippen LogP contribution < -0.4 is 4.90 Å². The Kier molecular flexibility index (Phi) is 5.41. The van der Waals surface area contributed by atoms with E-state index in [4.69, 9.17) is 9.47 Å². The summed E-state index contributed by atoms with van der Waals surface area (Å²) in [5, 5.41) is 0.866. The van der Waals surface area contributed by atoms with E-state index in [9.17, 15) is 4.79 Å². The molecular weight excluding hydrogens is 462 g/mol. The molecule has 5 heteroatoms. The topological polar surface area (TPSA) is 38.8 Å². The highest BCUT2D eigenvalue weighted by Crippen LogP contribution is 2.60. The lowest BCUT2D eigenvalue weighted by Gasteiger charge is -2.44. The monoisotopic (exact) mass is 493 g/mol. The fourth-order valence-electron chi connectivity index (χ4n) is 6.26. The van der Waals surface area contributed by atoms with Crippen LogP contribution in [0.1, 0.15) is 28.7 Å². The molecule has 3 aromatic carbocycles. The number of methoxy groups -OCH3 is 1. The van der Waals surface area contributed by atoms with Gasteiger partial charge in [-0.2, -0.15) is 0 Å². The second kappa shape index (κ2) is 8.52. The molecule has 0 unspecified atom stereocenters. The number of hydrogen-bond donors (Lipinski definition) is 0. The largest absolute Gasteiger partial charge is 0.496 e. The van der Waals surface area contributed by atoms with Gasteiger partial charge in [0.1, 0.15) is 11.9 Å². The number of nitrogens with zero attached hydrogens (tertiary/aromatic N) is 1. The van der Waals surface area contributed by atoms with E-state index in [0.717, 1.165) is 23.1 Å². The fourth-order valence-corrected chi connectivity index (χ4v) is 7.99. The van der Waals surface area contributed by atoms with Crippen molar-refractivity contribution < 1.29 is 14.3 Å². The van der Waals surface area contributed by atoms with Gasteiger partial charge in [0, 0.05) is 28.6 Å². The number of carbonyl (C=O) groups excluding carboxylic acids is 1. The van der Waals surface area contributed by atoms with Crippen LogP contribution in [-0.4, -0.2) is 27.3 Å². The lowest BCUT2D eigenvalue weighted by atomic mass is 9.78. The minimum Gasteiger partial charge on any atom is -0.496 e. The van der Waals surface area contributed by atoms with Crippen LogP contribution >= 0.6 is 0 Å². The van der Waals surface area contributed by atoms with Crippen molar-refractivity contribution in [2.45, 2.75) is 44.2 Å². The number of ether oxygens (including phenoxy) is 2. The third-order valence-electron chi connectivity index (χ3n) is 7.59. The molecule has 182 valence electrons. The molecule has 0 fully saturated rings. The third-order valence-corrected chi connectivity index (χ3v) is 9.56. The molecule has 6 rings (SSSR count). The van der Waals surface area contributed by atoms with Gasteiger partial charge in [0.05, 0.1) is 27.1 Å². The molecule has 3 aromatic rings. The van der Waals surface area contributed by atoms with Gasteiger partial charge in [0.25, 0.3) is 0 Å². The van der Waals surface area contributed by atoms with Gasteiger partial charge in [-0.05, 0) is 22.8 Å². The van der Waals surface area contributed by atoms with Crippen LogP contribution in [0.5, 0.6) is 0 Å². The molecule has 3 atom stereocenters. The maximum Gasteiger partial charge on any atom is 0.331 e. The van der Waals surface area contributed by atoms with Crippen LogP contribution in [-0.2, 0) is 20.8 Å². The van der Waals surface area contributed by atoms with Crippen LogP contribution in [0.3, 0.4) is 0 Å². The molecule has 0 bridgehead atoms. The second-order valence-corrected chi connectivity index (χ2v) is 15.8. The van der Waals surface area contributed by atoms with Crippen LogP contribution in [0.25, 0.3) is 0 Å². The summed E-state index contributed by atoms with van der Waals surface area (Å²) in [6, 6.07) is 29.8. The van der Waals surface area contributed by atoms with E-state index in [1.54, 1.807) is 7.11 Å². The van der Waals surface area contributed by atoms with Crippen molar-refractivity contribution in [1.82, 2.24) is 0 Å². The average Bonchev–Trinajstić information content (AvgIpc) is 3.37. The molecule has 0 radical (unpaired) electrons. The number of para-hydroxylation sites is 1. The maximum absolute atomic E-state index is 13.2. The Labute approximate surface area is 213 Å². The lowest BCUT2D eigenvalue weighted by Crippen LogP contribution is -2.38. The molecular formula is C31H31NO3Si. The summed E-state index contributed by atoms with van der Waals surface area (Å²) >= 11 is 0. The quantitative estimate of drug-likeness (QED) is 0.299. The number of benzene rings is 3. The van der Waals surface area contributed by atoms with E-state index >= 15 is 0 Å². The molecule has 4 nitrogen and oxygen atoms in total. The smallest absolute Gasteiger partial charge is 0.331 e. The zero-order valence-corrected chi connectivity index (χ0v) is 22.2. The average molecular weight is 494 g/mol. The Balaban J connectivity index is 1.65. The highest BCUT2D eigenvalue weighted by molar-refractivity contribution is 6.87. The molecule has 36 heavy (non-hydrogen) atoms. The van der Waals surface area contributed by atoms with Crippen LogP contribution in [0, 0.1) is 0 Å². The molecule has 0 N–H and O–H groups in total. The molecule has 0 saturated heterocycles. The molecule has 0 spiro atoms. The first-order chi connectivity index (χ1) is 17.4. The second-order valence-electron chi connectivity index (χ2n) is 10.8. The van der Waals surface area contributed by atoms with Gasteiger partial charge in [-0.3, -0.25) is 0 Å². The van der Waals surface area contributed by atoms with Crippen molar-refractivity contribution in [3.05, 3.63) is 124 Å². The van der Waals surface area contributed by atoms with E-state index in [1.165, 1.54) is 28.0 Å². The van der Waals surface area contributed by atoms with Crippen molar-refractivity contribution in [3.63, 3.8) is 0 Å². The fraction of sp³-hybridized carbons (Fsp3) is 0.258. The predicted octanol–water partition coefficient (Wildman–Crippen LogP) is 6.55. The Morgan fingerprint density at radius 3 is 2.19 bits per heavy atom. The highest BCUT2D eigenvalue weighted by atomic mass is 28.3. The number of esters is 1. The molecule has 2 heterocycles. The Bertz CT molecular complexity index is 1390. The number of rotatable bonds is 5. The predicted molar refractivity (Wildman–Crippen MR) is 145 cm³/mol. The lowest BCUT2D eigenvalue weighted by molar-refractivity contribution is -0.139. The van der Waals surface area contributed by atoms with Gasteiger partial charge in [0.15, 0.2) is 0 Å². The molecule has 0 aromatic heterocycles. The van der Waals surface area contributed by atoms with Gasteiger partial charge >= 0.3 is 5.97 Å². The van der Waals surface area contributed by atoms with Gasteiger partial charge in [-0.15, -0.1) is 0 Å². The summed E-state index contributed by atoms with van der Waals surface area (Å²) in [4.78, 5) is 15.7. The van der Waals surface area contributed by atoms with E-state index < -0.39 is 8.07 Å². The van der Waals surface area contributed by atoms with E-state index in [-0.39, 0.29) is 24.0 Å². The third kappa shape index (κ3) is 3.45. The highest BCUT2D eigenvalue weighted by Gasteiger charge is 2.56. The van der Waals surface area contributed by atoms with Crippen LogP contribution in [0.15, 0.2) is 107 Å². The Morgan fingerprint density at radius 1 is 0.889 bits per heavy atom. The number of hydrogen-bond acceptors (Lipinski definition) is 4. The molecule has 0 amide bonds. The van der Waals surface area contributed by atoms with Crippen molar-refractivity contribution in [2.75, 3.05) is 12.0 Å². The first-order valence-electron chi connectivity index (χ1n) is 12.6. The molecule has 1 aliphatic carbocycles. The van der Waals surface area contributed by atoms with E-state index in [2.05, 4.69) is 109 Å². The summed E-state index contributed by atoms with van der Waals surface area (Å²) < 4.78 is 12.4. The summed E-state index contributed by atoms with van der Waals surface area (Å²) in [5.74, 6) is 0.610. The first kappa shape index (κ1) is 22.9. The standard InChI is InChI=1S/C31H31NO3Si/c1-34-28-25-24(29-26(28)30(31(33)35-29)36(2,3)4)22-17-11-12-18-23(22)32(19-20-13-7-5-8-14-20)27(25)21-15-9-6-10-16-21/h5-18,24,27,29H,19H2,1-4H3/t24-,27+,29+/m1/s1. The van der Waals surface area contributed by atoms with E-state index in [1.807, 2.05) is 0 Å². The number of carbonyl (C=O) groups is 1. The van der Waals surface area contributed by atoms with Gasteiger partial charge in [-0.25, -0.2) is 4.79 Å². The normalized spacial score (nSPS) is 22.8. The first-order valence-corrected chi connectivity index (χ1v) is 16.1. The SMILES string of the molecule is COC1=C2[C@H](c3ccccc3)N(Cc3ccccc3)c3ccccc3[C@H]2[C@@H]2OC(=O)C([Si](C)(C)C)=C12. The van der Waals surface area contributed by atoms with Gasteiger partial charge in [0.2, 0.25) is 0 Å². The Hall–Kier alpha value is -3.57. The van der Waals surface area contributed by atoms with Gasteiger partial charge in [-0.1, -0.05) is 98.5 Å². The summed E-state index contributed by atoms with van der Waals surface area (Å²) in [7, 11) is -0.249. The summed E-state index contributed by atoms with van der Waals surface area (Å²) in [6.45, 7) is 7.39. The van der Waals surface area contributed by atoms with Crippen molar-refractivity contribution in [2.24, 2.45) is 0 Å². The summed E-state index contributed by atoms with van der Waals surface area (Å²) in [6.07, 6.45) is -0.338. The zero-order chi connectivity index (χ0) is 25.0. The maximum atomic E-state index is 13.2. The molecule has 2 aliphatic heterocycles. The minimum absolute atomic E-state index is 0.0408. The molecule has 0 saturated carbocycles. The number of fused-ring (bicyclic) bond motifs is 5. The number of anilines is 1. The van der Waals surface area contributed by atoms with Crippen molar-refractivity contribution >= 4 is 19.7 Å². The van der Waals surface area contributed by atoms with Crippen LogP contribution in [0.4, 0.5) is 5.69 Å². The molecule has 3 aliphatic rings. The summed E-state index contributed by atoms with van der Waals surface area (Å²) in [5.41, 5.74) is 7.00. The minimum atomic E-state index is -1.99.